The average Bonchev–Trinajstić information content (AvgIpc) is 2.73. The Bertz CT molecular complexity index is 817. The molecule has 2 amide bonds. The van der Waals surface area contributed by atoms with Gasteiger partial charge < -0.3 is 9.64 Å². The molecule has 2 aliphatic heterocycles. The minimum Gasteiger partial charge on any atom is -0.379 e. The summed E-state index contributed by atoms with van der Waals surface area (Å²) in [5.74, 6) is 0.103. The molecule has 2 N–H and O–H groups in total. The van der Waals surface area contributed by atoms with Crippen LogP contribution in [-0.2, 0) is 24.3 Å². The van der Waals surface area contributed by atoms with Crippen molar-refractivity contribution in [2.75, 3.05) is 63.9 Å². The van der Waals surface area contributed by atoms with Gasteiger partial charge in [-0.05, 0) is 12.1 Å². The van der Waals surface area contributed by atoms with Crippen LogP contribution >= 0.6 is 0 Å². The smallest absolute Gasteiger partial charge is 0.252 e. The van der Waals surface area contributed by atoms with Gasteiger partial charge >= 0.3 is 0 Å². The van der Waals surface area contributed by atoms with Crippen molar-refractivity contribution in [2.45, 2.75) is 11.8 Å². The molecule has 2 fully saturated rings. The first kappa shape index (κ1) is 21.4. The number of sulfonamides is 1. The molecular formula is C17H26N6O5S. The fraction of sp³-hybridized carbons (Fsp3) is 0.588. The van der Waals surface area contributed by atoms with Crippen LogP contribution in [0.15, 0.2) is 23.2 Å². The number of aromatic nitrogens is 1. The van der Waals surface area contributed by atoms with Crippen LogP contribution < -0.4 is 15.8 Å². The molecule has 2 saturated heterocycles. The summed E-state index contributed by atoms with van der Waals surface area (Å²) in [5, 5.41) is 0. The predicted octanol–water partition coefficient (Wildman–Crippen LogP) is -1.61. The van der Waals surface area contributed by atoms with Gasteiger partial charge in [-0.3, -0.25) is 25.3 Å². The van der Waals surface area contributed by atoms with Crippen molar-refractivity contribution in [3.63, 3.8) is 0 Å². The molecule has 0 spiro atoms. The molecule has 3 rings (SSSR count). The number of amides is 2. The van der Waals surface area contributed by atoms with Crippen LogP contribution in [0.25, 0.3) is 0 Å². The summed E-state index contributed by atoms with van der Waals surface area (Å²) < 4.78 is 31.9. The van der Waals surface area contributed by atoms with E-state index in [1.165, 1.54) is 17.4 Å². The van der Waals surface area contributed by atoms with Gasteiger partial charge in [0.25, 0.3) is 5.91 Å². The summed E-state index contributed by atoms with van der Waals surface area (Å²) in [6, 6.07) is 3.30. The number of hydrazine groups is 1. The van der Waals surface area contributed by atoms with Crippen molar-refractivity contribution in [3.8, 4) is 0 Å². The van der Waals surface area contributed by atoms with Crippen molar-refractivity contribution in [3.05, 3.63) is 18.3 Å². The van der Waals surface area contributed by atoms with Gasteiger partial charge in [-0.1, -0.05) is 0 Å². The van der Waals surface area contributed by atoms with Crippen LogP contribution in [0.4, 0.5) is 5.82 Å². The highest BCUT2D eigenvalue weighted by atomic mass is 32.2. The molecule has 0 atom stereocenters. The lowest BCUT2D eigenvalue weighted by atomic mass is 10.3. The summed E-state index contributed by atoms with van der Waals surface area (Å²) >= 11 is 0. The number of carbonyl (C=O) groups excluding carboxylic acids is 2. The summed E-state index contributed by atoms with van der Waals surface area (Å²) in [6.07, 6.45) is 1.40. The van der Waals surface area contributed by atoms with E-state index < -0.39 is 10.0 Å². The number of hydrogen-bond donors (Lipinski definition) is 2. The first-order chi connectivity index (χ1) is 13.9. The standard InChI is InChI=1S/C17H26N6O5S/c1-14(24)19-20-17(25)13-21-4-6-22(7-5-21)16-3-2-15(12-18-16)29(26,27)23-8-10-28-11-9-23/h2-3,12H,4-11,13H2,1H3,(H,19,24)(H,20,25). The molecule has 11 nitrogen and oxygen atoms in total. The minimum absolute atomic E-state index is 0.177. The summed E-state index contributed by atoms with van der Waals surface area (Å²) in [7, 11) is -3.55. The molecule has 29 heavy (non-hydrogen) atoms. The Balaban J connectivity index is 1.52. The number of ether oxygens (including phenoxy) is 1. The Morgan fingerprint density at radius 3 is 2.34 bits per heavy atom. The highest BCUT2D eigenvalue weighted by Crippen LogP contribution is 2.20. The van der Waals surface area contributed by atoms with Crippen LogP contribution in [0.1, 0.15) is 6.92 Å². The predicted molar refractivity (Wildman–Crippen MR) is 104 cm³/mol. The molecule has 0 unspecified atom stereocenters. The van der Waals surface area contributed by atoms with Gasteiger partial charge in [0.1, 0.15) is 10.7 Å². The second kappa shape index (κ2) is 9.48. The molecular weight excluding hydrogens is 400 g/mol. The zero-order chi connectivity index (χ0) is 20.9. The van der Waals surface area contributed by atoms with E-state index in [0.717, 1.165) is 0 Å². The van der Waals surface area contributed by atoms with Gasteiger partial charge in [-0.2, -0.15) is 4.31 Å². The maximum absolute atomic E-state index is 12.7. The number of piperazine rings is 1. The molecule has 3 heterocycles. The van der Waals surface area contributed by atoms with Crippen molar-refractivity contribution in [1.29, 1.82) is 0 Å². The molecule has 0 bridgehead atoms. The fourth-order valence-corrected chi connectivity index (χ4v) is 4.54. The Morgan fingerprint density at radius 2 is 1.76 bits per heavy atom. The number of carbonyl (C=O) groups is 2. The SMILES string of the molecule is CC(=O)NNC(=O)CN1CCN(c2ccc(S(=O)(=O)N3CCOCC3)cn2)CC1. The Kier molecular flexibility index (Phi) is 7.00. The number of nitrogens with one attached hydrogen (secondary N) is 2. The summed E-state index contributed by atoms with van der Waals surface area (Å²) in [4.78, 5) is 31.1. The second-order valence-corrected chi connectivity index (χ2v) is 8.80. The number of morpholine rings is 1. The lowest BCUT2D eigenvalue weighted by Gasteiger charge is -2.35. The average molecular weight is 426 g/mol. The minimum atomic E-state index is -3.55. The quantitative estimate of drug-likeness (QED) is 0.539. The fourth-order valence-electron chi connectivity index (χ4n) is 3.18. The second-order valence-electron chi connectivity index (χ2n) is 6.86. The van der Waals surface area contributed by atoms with Crippen molar-refractivity contribution >= 4 is 27.7 Å². The first-order valence-electron chi connectivity index (χ1n) is 9.43. The van der Waals surface area contributed by atoms with Crippen LogP contribution in [0.3, 0.4) is 0 Å². The number of anilines is 1. The lowest BCUT2D eigenvalue weighted by Crippen LogP contribution is -2.51. The lowest BCUT2D eigenvalue weighted by molar-refractivity contribution is -0.128. The van der Waals surface area contributed by atoms with Crippen molar-refractivity contribution in [2.24, 2.45) is 0 Å². The van der Waals surface area contributed by atoms with Gasteiger partial charge in [0, 0.05) is 52.4 Å². The zero-order valence-corrected chi connectivity index (χ0v) is 17.2. The highest BCUT2D eigenvalue weighted by Gasteiger charge is 2.27. The van der Waals surface area contributed by atoms with Gasteiger partial charge in [0.2, 0.25) is 15.9 Å². The van der Waals surface area contributed by atoms with E-state index in [9.17, 15) is 18.0 Å². The van der Waals surface area contributed by atoms with E-state index in [1.54, 1.807) is 12.1 Å². The van der Waals surface area contributed by atoms with E-state index in [2.05, 4.69) is 15.8 Å². The van der Waals surface area contributed by atoms with Crippen molar-refractivity contribution in [1.82, 2.24) is 25.0 Å². The van der Waals surface area contributed by atoms with Crippen LogP contribution in [0.5, 0.6) is 0 Å². The largest absolute Gasteiger partial charge is 0.379 e. The number of nitrogens with zero attached hydrogens (tertiary/aromatic N) is 4. The van der Waals surface area contributed by atoms with Crippen LogP contribution in [0, 0.1) is 0 Å². The molecule has 0 aliphatic carbocycles. The van der Waals surface area contributed by atoms with E-state index in [-0.39, 0.29) is 23.3 Å². The maximum Gasteiger partial charge on any atom is 0.252 e. The Hall–Kier alpha value is -2.28. The zero-order valence-electron chi connectivity index (χ0n) is 16.3. The molecule has 2 aliphatic rings. The third-order valence-corrected chi connectivity index (χ3v) is 6.65. The van der Waals surface area contributed by atoms with Crippen LogP contribution in [-0.4, -0.2) is 93.4 Å². The first-order valence-corrected chi connectivity index (χ1v) is 10.9. The van der Waals surface area contributed by atoms with E-state index >= 15 is 0 Å². The van der Waals surface area contributed by atoms with Gasteiger partial charge in [0.05, 0.1) is 19.8 Å². The van der Waals surface area contributed by atoms with Gasteiger partial charge in [0.15, 0.2) is 0 Å². The van der Waals surface area contributed by atoms with Crippen molar-refractivity contribution < 1.29 is 22.7 Å². The third kappa shape index (κ3) is 5.63. The van der Waals surface area contributed by atoms with Gasteiger partial charge in [-0.25, -0.2) is 13.4 Å². The van der Waals surface area contributed by atoms with Crippen LogP contribution in [0.2, 0.25) is 0 Å². The highest BCUT2D eigenvalue weighted by molar-refractivity contribution is 7.89. The topological polar surface area (TPSA) is 124 Å². The molecule has 160 valence electrons. The van der Waals surface area contributed by atoms with E-state index in [0.29, 0.717) is 58.3 Å². The van der Waals surface area contributed by atoms with E-state index in [4.69, 9.17) is 4.74 Å². The summed E-state index contributed by atoms with van der Waals surface area (Å²) in [6.45, 7) is 5.65. The molecule has 1 aromatic rings. The Labute approximate surface area is 170 Å². The number of rotatable bonds is 5. The van der Waals surface area contributed by atoms with E-state index in [1.807, 2.05) is 9.80 Å². The Morgan fingerprint density at radius 1 is 1.07 bits per heavy atom. The molecule has 12 heteroatoms. The summed E-state index contributed by atoms with van der Waals surface area (Å²) in [5.41, 5.74) is 4.61. The molecule has 0 saturated carbocycles. The molecule has 0 aromatic carbocycles. The third-order valence-electron chi connectivity index (χ3n) is 4.77. The molecule has 1 aromatic heterocycles. The maximum atomic E-state index is 12.7. The number of pyridine rings is 1. The molecule has 0 radical (unpaired) electrons. The normalized spacial score (nSPS) is 19.0. The number of hydrogen-bond acceptors (Lipinski definition) is 8. The monoisotopic (exact) mass is 426 g/mol. The van der Waals surface area contributed by atoms with Gasteiger partial charge in [-0.15, -0.1) is 0 Å².